The molecule has 0 bridgehead atoms. The fourth-order valence-electron chi connectivity index (χ4n) is 2.83. The lowest BCUT2D eigenvalue weighted by molar-refractivity contribution is 0.310. The number of hydrogen-bond acceptors (Lipinski definition) is 3. The Labute approximate surface area is 174 Å². The minimum atomic E-state index is 0.613. The lowest BCUT2D eigenvalue weighted by atomic mass is 10.0. The third-order valence-corrected chi connectivity index (χ3v) is 4.43. The van der Waals surface area contributed by atoms with Gasteiger partial charge in [-0.15, -0.1) is 13.2 Å². The van der Waals surface area contributed by atoms with Crippen molar-refractivity contribution in [3.8, 4) is 17.6 Å². The predicted octanol–water partition coefficient (Wildman–Crippen LogP) is 6.75. The quantitative estimate of drug-likeness (QED) is 0.175. The summed E-state index contributed by atoms with van der Waals surface area (Å²) in [5.41, 5.74) is 3.51. The van der Waals surface area contributed by atoms with Crippen LogP contribution in [-0.4, -0.2) is 13.2 Å². The maximum absolute atomic E-state index is 9.61. The van der Waals surface area contributed by atoms with Crippen molar-refractivity contribution in [3.63, 3.8) is 0 Å². The third-order valence-electron chi connectivity index (χ3n) is 4.43. The molecule has 0 saturated carbocycles. The van der Waals surface area contributed by atoms with Crippen LogP contribution < -0.4 is 9.47 Å². The first kappa shape index (κ1) is 22.0. The molecule has 0 unspecified atom stereocenters. The first-order valence-electron chi connectivity index (χ1n) is 9.98. The van der Waals surface area contributed by atoms with E-state index in [0.29, 0.717) is 18.8 Å². The standard InChI is InChI=1S/C26H29NO2/c1-4-6-8-16-28-25-13-11-23(12-14-25)24(20-27)19-22-10-15-26(21(3)18-22)29-17-9-7-5-2/h4-5,10-15,18-19H,1-2,6-9,16-17H2,3H3/b24-19+. The highest BCUT2D eigenvalue weighted by molar-refractivity contribution is 5.89. The number of rotatable bonds is 12. The zero-order valence-corrected chi connectivity index (χ0v) is 17.2. The highest BCUT2D eigenvalue weighted by Crippen LogP contribution is 2.24. The van der Waals surface area contributed by atoms with E-state index in [1.54, 1.807) is 0 Å². The Balaban J connectivity index is 2.05. The van der Waals surface area contributed by atoms with Crippen molar-refractivity contribution in [1.29, 1.82) is 5.26 Å². The minimum Gasteiger partial charge on any atom is -0.494 e. The molecular weight excluding hydrogens is 358 g/mol. The lowest BCUT2D eigenvalue weighted by Crippen LogP contribution is -1.98. The van der Waals surface area contributed by atoms with Gasteiger partial charge >= 0.3 is 0 Å². The number of nitrogens with zero attached hydrogens (tertiary/aromatic N) is 1. The molecule has 2 aromatic carbocycles. The summed E-state index contributed by atoms with van der Waals surface area (Å²) in [6.45, 7) is 10.8. The van der Waals surface area contributed by atoms with Crippen LogP contribution in [0.15, 0.2) is 67.8 Å². The monoisotopic (exact) mass is 387 g/mol. The predicted molar refractivity (Wildman–Crippen MR) is 121 cm³/mol. The van der Waals surface area contributed by atoms with E-state index < -0.39 is 0 Å². The van der Waals surface area contributed by atoms with Gasteiger partial charge in [-0.1, -0.05) is 18.2 Å². The molecule has 0 aromatic heterocycles. The highest BCUT2D eigenvalue weighted by atomic mass is 16.5. The molecule has 29 heavy (non-hydrogen) atoms. The molecule has 0 radical (unpaired) electrons. The summed E-state index contributed by atoms with van der Waals surface area (Å²) in [5.74, 6) is 1.69. The Morgan fingerprint density at radius 1 is 0.966 bits per heavy atom. The summed E-state index contributed by atoms with van der Waals surface area (Å²) in [5, 5.41) is 9.61. The van der Waals surface area contributed by atoms with Gasteiger partial charge in [0.1, 0.15) is 11.5 Å². The molecule has 0 atom stereocenters. The van der Waals surface area contributed by atoms with Crippen LogP contribution in [0.1, 0.15) is 42.4 Å². The van der Waals surface area contributed by atoms with Crippen molar-refractivity contribution in [2.45, 2.75) is 32.6 Å². The van der Waals surface area contributed by atoms with Gasteiger partial charge in [-0.05, 0) is 91.8 Å². The van der Waals surface area contributed by atoms with Crippen molar-refractivity contribution in [2.75, 3.05) is 13.2 Å². The Morgan fingerprint density at radius 2 is 1.62 bits per heavy atom. The number of benzene rings is 2. The zero-order valence-electron chi connectivity index (χ0n) is 17.2. The van der Waals surface area contributed by atoms with Crippen molar-refractivity contribution in [2.24, 2.45) is 0 Å². The van der Waals surface area contributed by atoms with E-state index in [-0.39, 0.29) is 0 Å². The van der Waals surface area contributed by atoms with E-state index in [9.17, 15) is 5.26 Å². The Hall–Kier alpha value is -3.25. The second kappa shape index (κ2) is 12.3. The molecule has 150 valence electrons. The van der Waals surface area contributed by atoms with Crippen molar-refractivity contribution in [1.82, 2.24) is 0 Å². The maximum Gasteiger partial charge on any atom is 0.122 e. The second-order valence-electron chi connectivity index (χ2n) is 6.78. The largest absolute Gasteiger partial charge is 0.494 e. The van der Waals surface area contributed by atoms with E-state index in [0.717, 1.165) is 53.9 Å². The second-order valence-corrected chi connectivity index (χ2v) is 6.78. The summed E-state index contributed by atoms with van der Waals surface area (Å²) in [7, 11) is 0. The van der Waals surface area contributed by atoms with Crippen molar-refractivity contribution in [3.05, 3.63) is 84.5 Å². The summed E-state index contributed by atoms with van der Waals surface area (Å²) in [4.78, 5) is 0. The molecule has 0 N–H and O–H groups in total. The van der Waals surface area contributed by atoms with Gasteiger partial charge in [0.05, 0.1) is 24.9 Å². The van der Waals surface area contributed by atoms with Crippen LogP contribution in [-0.2, 0) is 0 Å². The SMILES string of the molecule is C=CCCCOc1ccc(/C(C#N)=C/c2ccc(OCCCC=C)c(C)c2)cc1. The van der Waals surface area contributed by atoms with Crippen molar-refractivity contribution < 1.29 is 9.47 Å². The average molecular weight is 388 g/mol. The molecule has 2 aromatic rings. The number of nitriles is 1. The first-order chi connectivity index (χ1) is 14.2. The van der Waals surface area contributed by atoms with E-state index >= 15 is 0 Å². The molecule has 0 aliphatic rings. The van der Waals surface area contributed by atoms with Gasteiger partial charge in [-0.2, -0.15) is 5.26 Å². The van der Waals surface area contributed by atoms with Crippen LogP contribution in [0.5, 0.6) is 11.5 Å². The van der Waals surface area contributed by atoms with E-state index in [1.165, 1.54) is 0 Å². The number of ether oxygens (including phenoxy) is 2. The normalized spacial score (nSPS) is 10.8. The van der Waals surface area contributed by atoms with E-state index in [4.69, 9.17) is 9.47 Å². The smallest absolute Gasteiger partial charge is 0.122 e. The maximum atomic E-state index is 9.61. The Morgan fingerprint density at radius 3 is 2.21 bits per heavy atom. The summed E-state index contributed by atoms with van der Waals surface area (Å²) in [6, 6.07) is 15.9. The molecule has 0 saturated heterocycles. The van der Waals surface area contributed by atoms with Gasteiger partial charge in [0, 0.05) is 0 Å². The molecule has 3 heteroatoms. The van der Waals surface area contributed by atoms with Crippen LogP contribution in [0.2, 0.25) is 0 Å². The number of unbranched alkanes of at least 4 members (excludes halogenated alkanes) is 2. The molecule has 0 aliphatic heterocycles. The number of allylic oxidation sites excluding steroid dienone is 3. The third kappa shape index (κ3) is 7.35. The molecule has 0 amide bonds. The first-order valence-corrected chi connectivity index (χ1v) is 9.98. The van der Waals surface area contributed by atoms with Gasteiger partial charge < -0.3 is 9.47 Å². The van der Waals surface area contributed by atoms with Gasteiger partial charge in [0.25, 0.3) is 0 Å². The summed E-state index contributed by atoms with van der Waals surface area (Å²) in [6.07, 6.45) is 9.48. The van der Waals surface area contributed by atoms with E-state index in [1.807, 2.05) is 67.6 Å². The summed E-state index contributed by atoms with van der Waals surface area (Å²) >= 11 is 0. The molecule has 0 aliphatic carbocycles. The molecule has 0 spiro atoms. The van der Waals surface area contributed by atoms with Crippen LogP contribution in [0.4, 0.5) is 0 Å². The molecule has 0 heterocycles. The fourth-order valence-corrected chi connectivity index (χ4v) is 2.83. The number of aryl methyl sites for hydroxylation is 1. The number of hydrogen-bond donors (Lipinski definition) is 0. The van der Waals surface area contributed by atoms with Crippen LogP contribution in [0.3, 0.4) is 0 Å². The Kier molecular flexibility index (Phi) is 9.32. The molecular formula is C26H29NO2. The lowest BCUT2D eigenvalue weighted by Gasteiger charge is -2.10. The van der Waals surface area contributed by atoms with Crippen LogP contribution >= 0.6 is 0 Å². The Bertz CT molecular complexity index is 873. The fraction of sp³-hybridized carbons (Fsp3) is 0.269. The van der Waals surface area contributed by atoms with Gasteiger partial charge in [-0.25, -0.2) is 0 Å². The van der Waals surface area contributed by atoms with E-state index in [2.05, 4.69) is 19.2 Å². The average Bonchev–Trinajstić information content (AvgIpc) is 2.74. The topological polar surface area (TPSA) is 42.2 Å². The van der Waals surface area contributed by atoms with Gasteiger partial charge in [-0.3, -0.25) is 0 Å². The van der Waals surface area contributed by atoms with Crippen LogP contribution in [0.25, 0.3) is 11.6 Å². The van der Waals surface area contributed by atoms with Crippen LogP contribution in [0, 0.1) is 18.3 Å². The van der Waals surface area contributed by atoms with Gasteiger partial charge in [0.2, 0.25) is 0 Å². The molecule has 3 nitrogen and oxygen atoms in total. The minimum absolute atomic E-state index is 0.613. The summed E-state index contributed by atoms with van der Waals surface area (Å²) < 4.78 is 11.5. The van der Waals surface area contributed by atoms with Gasteiger partial charge in [0.15, 0.2) is 0 Å². The van der Waals surface area contributed by atoms with Crippen molar-refractivity contribution >= 4 is 11.6 Å². The molecule has 2 rings (SSSR count). The zero-order chi connectivity index (χ0) is 20.9. The molecule has 0 fully saturated rings. The highest BCUT2D eigenvalue weighted by Gasteiger charge is 2.05.